The number of hydrogen-bond donors (Lipinski definition) is 1. The molecule has 7 heteroatoms. The van der Waals surface area contributed by atoms with E-state index in [0.29, 0.717) is 13.0 Å². The van der Waals surface area contributed by atoms with Crippen molar-refractivity contribution in [1.29, 1.82) is 0 Å². The second-order valence-corrected chi connectivity index (χ2v) is 8.25. The number of benzene rings is 1. The third-order valence-electron chi connectivity index (χ3n) is 3.81. The lowest BCUT2D eigenvalue weighted by atomic mass is 10.1. The molecule has 0 aliphatic rings. The van der Waals surface area contributed by atoms with Crippen LogP contribution in [0.2, 0.25) is 0 Å². The molecule has 1 amide bonds. The molecule has 0 saturated carbocycles. The summed E-state index contributed by atoms with van der Waals surface area (Å²) in [7, 11) is 0.443. The second-order valence-electron chi connectivity index (χ2n) is 6.26. The fraction of sp³-hybridized carbons (Fsp3) is 0.588. The Labute approximate surface area is 145 Å². The van der Waals surface area contributed by atoms with Crippen molar-refractivity contribution in [3.05, 3.63) is 29.3 Å². The minimum Gasteiger partial charge on any atom is -0.324 e. The van der Waals surface area contributed by atoms with Gasteiger partial charge in [0, 0.05) is 12.2 Å². The minimum atomic E-state index is -3.42. The van der Waals surface area contributed by atoms with Crippen molar-refractivity contribution in [3.63, 3.8) is 0 Å². The molecule has 0 bridgehead atoms. The Hall–Kier alpha value is -1.44. The number of nitrogens with zero attached hydrogens (tertiary/aromatic N) is 2. The molecule has 1 N–H and O–H groups in total. The van der Waals surface area contributed by atoms with Gasteiger partial charge in [-0.1, -0.05) is 25.1 Å². The zero-order valence-electron chi connectivity index (χ0n) is 15.3. The number of sulfonamides is 1. The fourth-order valence-electron chi connectivity index (χ4n) is 2.47. The first-order chi connectivity index (χ1) is 11.1. The first kappa shape index (κ1) is 20.6. The molecular formula is C17H29N3O3S. The lowest BCUT2D eigenvalue weighted by Crippen LogP contribution is -2.39. The van der Waals surface area contributed by atoms with Gasteiger partial charge in [-0.05, 0) is 51.5 Å². The fourth-order valence-corrected chi connectivity index (χ4v) is 3.28. The molecule has 0 aliphatic carbocycles. The largest absolute Gasteiger partial charge is 0.324 e. The van der Waals surface area contributed by atoms with Crippen molar-refractivity contribution < 1.29 is 13.2 Å². The molecule has 0 spiro atoms. The molecule has 1 aromatic rings. The topological polar surface area (TPSA) is 69.7 Å². The van der Waals surface area contributed by atoms with Crippen LogP contribution in [0.25, 0.3) is 0 Å². The van der Waals surface area contributed by atoms with Gasteiger partial charge in [0.2, 0.25) is 15.9 Å². The van der Waals surface area contributed by atoms with Crippen molar-refractivity contribution in [2.24, 2.45) is 0 Å². The van der Waals surface area contributed by atoms with Crippen LogP contribution in [-0.4, -0.2) is 63.5 Å². The molecule has 0 aromatic heterocycles. The molecule has 1 rings (SSSR count). The minimum absolute atomic E-state index is 0.163. The van der Waals surface area contributed by atoms with Crippen molar-refractivity contribution >= 4 is 21.6 Å². The standard InChI is InChI=1S/C17H29N3O3S/c1-6-15-10-7-9-14(2)17(15)18-16(21)13-20(24(5,22)23)12-8-11-19(3)4/h7,9-10H,6,8,11-13H2,1-5H3,(H,18,21). The van der Waals surface area contributed by atoms with Crippen LogP contribution in [0.4, 0.5) is 5.69 Å². The SMILES string of the molecule is CCc1cccc(C)c1NC(=O)CN(CCCN(C)C)S(C)(=O)=O. The molecule has 0 fully saturated rings. The molecule has 6 nitrogen and oxygen atoms in total. The van der Waals surface area contributed by atoms with Crippen LogP contribution >= 0.6 is 0 Å². The summed E-state index contributed by atoms with van der Waals surface area (Å²) < 4.78 is 25.1. The third kappa shape index (κ3) is 6.59. The Morgan fingerprint density at radius 2 is 1.88 bits per heavy atom. The third-order valence-corrected chi connectivity index (χ3v) is 5.06. The second kappa shape index (κ2) is 9.15. The molecular weight excluding hydrogens is 326 g/mol. The molecule has 0 atom stereocenters. The van der Waals surface area contributed by atoms with Crippen LogP contribution < -0.4 is 5.32 Å². The summed E-state index contributed by atoms with van der Waals surface area (Å²) in [6, 6.07) is 5.85. The number of nitrogens with one attached hydrogen (secondary N) is 1. The lowest BCUT2D eigenvalue weighted by Gasteiger charge is -2.21. The zero-order chi connectivity index (χ0) is 18.3. The number of hydrogen-bond acceptors (Lipinski definition) is 4. The van der Waals surface area contributed by atoms with E-state index < -0.39 is 10.0 Å². The van der Waals surface area contributed by atoms with Crippen LogP contribution in [0.15, 0.2) is 18.2 Å². The maximum Gasteiger partial charge on any atom is 0.239 e. The van der Waals surface area contributed by atoms with E-state index in [2.05, 4.69) is 5.32 Å². The van der Waals surface area contributed by atoms with Crippen molar-refractivity contribution in [2.45, 2.75) is 26.7 Å². The number of amides is 1. The number of para-hydroxylation sites is 1. The monoisotopic (exact) mass is 355 g/mol. The number of carbonyl (C=O) groups is 1. The lowest BCUT2D eigenvalue weighted by molar-refractivity contribution is -0.116. The van der Waals surface area contributed by atoms with Crippen LogP contribution in [-0.2, 0) is 21.2 Å². The summed E-state index contributed by atoms with van der Waals surface area (Å²) in [4.78, 5) is 14.3. The van der Waals surface area contributed by atoms with Gasteiger partial charge >= 0.3 is 0 Å². The van der Waals surface area contributed by atoms with Gasteiger partial charge in [0.05, 0.1) is 12.8 Å². The smallest absolute Gasteiger partial charge is 0.239 e. The average Bonchev–Trinajstić information content (AvgIpc) is 2.47. The van der Waals surface area contributed by atoms with Gasteiger partial charge in [-0.2, -0.15) is 4.31 Å². The first-order valence-corrected chi connectivity index (χ1v) is 9.98. The Bertz CT molecular complexity index is 657. The molecule has 0 unspecified atom stereocenters. The van der Waals surface area contributed by atoms with Crippen LogP contribution in [0.5, 0.6) is 0 Å². The van der Waals surface area contributed by atoms with Gasteiger partial charge in [-0.3, -0.25) is 4.79 Å². The average molecular weight is 356 g/mol. The van der Waals surface area contributed by atoms with Gasteiger partial charge in [0.15, 0.2) is 0 Å². The Morgan fingerprint density at radius 3 is 2.42 bits per heavy atom. The van der Waals surface area contributed by atoms with E-state index in [4.69, 9.17) is 0 Å². The van der Waals surface area contributed by atoms with E-state index >= 15 is 0 Å². The van der Waals surface area contributed by atoms with E-state index in [1.54, 1.807) is 0 Å². The number of rotatable bonds is 9. The normalized spacial score (nSPS) is 12.0. The summed E-state index contributed by atoms with van der Waals surface area (Å²) in [6.45, 7) is 4.89. The summed E-state index contributed by atoms with van der Waals surface area (Å²) in [6.07, 6.45) is 2.62. The van der Waals surface area contributed by atoms with E-state index in [9.17, 15) is 13.2 Å². The predicted octanol–water partition coefficient (Wildman–Crippen LogP) is 1.71. The number of carbonyl (C=O) groups excluding carboxylic acids is 1. The van der Waals surface area contributed by atoms with Gasteiger partial charge in [-0.15, -0.1) is 0 Å². The number of anilines is 1. The number of aryl methyl sites for hydroxylation is 2. The van der Waals surface area contributed by atoms with Gasteiger partial charge < -0.3 is 10.2 Å². The zero-order valence-corrected chi connectivity index (χ0v) is 16.1. The van der Waals surface area contributed by atoms with Gasteiger partial charge in [0.1, 0.15) is 0 Å². The Morgan fingerprint density at radius 1 is 1.21 bits per heavy atom. The van der Waals surface area contributed by atoms with Crippen molar-refractivity contribution in [2.75, 3.05) is 45.3 Å². The molecule has 0 saturated heterocycles. The van der Waals surface area contributed by atoms with E-state index in [-0.39, 0.29) is 12.5 Å². The highest BCUT2D eigenvalue weighted by Crippen LogP contribution is 2.21. The molecule has 1 aromatic carbocycles. The summed E-state index contributed by atoms with van der Waals surface area (Å²) in [5, 5.41) is 2.88. The van der Waals surface area contributed by atoms with E-state index in [0.717, 1.165) is 36.0 Å². The van der Waals surface area contributed by atoms with Crippen LogP contribution in [0, 0.1) is 6.92 Å². The van der Waals surface area contributed by atoms with Crippen molar-refractivity contribution in [1.82, 2.24) is 9.21 Å². The molecule has 0 aliphatic heterocycles. The summed E-state index contributed by atoms with van der Waals surface area (Å²) >= 11 is 0. The molecule has 136 valence electrons. The van der Waals surface area contributed by atoms with E-state index in [1.807, 2.05) is 51.0 Å². The molecule has 0 radical (unpaired) electrons. The summed E-state index contributed by atoms with van der Waals surface area (Å²) in [5.41, 5.74) is 2.80. The van der Waals surface area contributed by atoms with Crippen LogP contribution in [0.1, 0.15) is 24.5 Å². The maximum atomic E-state index is 12.4. The quantitative estimate of drug-likeness (QED) is 0.732. The summed E-state index contributed by atoms with van der Waals surface area (Å²) in [5.74, 6) is -0.311. The predicted molar refractivity (Wildman–Crippen MR) is 98.8 cm³/mol. The van der Waals surface area contributed by atoms with Crippen LogP contribution in [0.3, 0.4) is 0 Å². The van der Waals surface area contributed by atoms with Gasteiger partial charge in [0.25, 0.3) is 0 Å². The highest BCUT2D eigenvalue weighted by atomic mass is 32.2. The Kier molecular flexibility index (Phi) is 7.86. The van der Waals surface area contributed by atoms with Crippen molar-refractivity contribution in [3.8, 4) is 0 Å². The highest BCUT2D eigenvalue weighted by Gasteiger charge is 2.20. The highest BCUT2D eigenvalue weighted by molar-refractivity contribution is 7.88. The molecule has 24 heavy (non-hydrogen) atoms. The molecule has 0 heterocycles. The van der Waals surface area contributed by atoms with Gasteiger partial charge in [-0.25, -0.2) is 8.42 Å². The maximum absolute atomic E-state index is 12.4. The first-order valence-electron chi connectivity index (χ1n) is 8.13. The Balaban J connectivity index is 2.79. The van der Waals surface area contributed by atoms with E-state index in [1.165, 1.54) is 4.31 Å².